The number of fused-ring (bicyclic) bond motifs is 2. The number of hydrogen-bond acceptors (Lipinski definition) is 7. The van der Waals surface area contributed by atoms with E-state index in [0.29, 0.717) is 43.0 Å². The third kappa shape index (κ3) is 3.88. The number of aromatic nitrogens is 7. The number of H-pyrrole nitrogens is 1. The highest BCUT2D eigenvalue weighted by atomic mass is 16.2. The summed E-state index contributed by atoms with van der Waals surface area (Å²) in [7, 11) is 0. The molecule has 0 unspecified atom stereocenters. The van der Waals surface area contributed by atoms with Crippen molar-refractivity contribution in [2.45, 2.75) is 31.8 Å². The lowest BCUT2D eigenvalue weighted by atomic mass is 10.1. The van der Waals surface area contributed by atoms with Crippen LogP contribution in [0.15, 0.2) is 48.9 Å². The van der Waals surface area contributed by atoms with Gasteiger partial charge in [0.1, 0.15) is 11.4 Å². The van der Waals surface area contributed by atoms with Crippen LogP contribution in [-0.4, -0.2) is 58.7 Å². The molecule has 3 aromatic heterocycles. The molecule has 6 rings (SSSR count). The molecule has 0 fully saturated rings. The molecule has 11 heteroatoms. The Morgan fingerprint density at radius 2 is 1.88 bits per heavy atom. The second-order valence-electron chi connectivity index (χ2n) is 8.27. The highest BCUT2D eigenvalue weighted by molar-refractivity contribution is 5.88. The highest BCUT2D eigenvalue weighted by Crippen LogP contribution is 2.23. The van der Waals surface area contributed by atoms with Crippen LogP contribution in [0.2, 0.25) is 0 Å². The zero-order valence-electron chi connectivity index (χ0n) is 17.8. The van der Waals surface area contributed by atoms with Crippen LogP contribution >= 0.6 is 0 Å². The van der Waals surface area contributed by atoms with E-state index in [4.69, 9.17) is 0 Å². The van der Waals surface area contributed by atoms with Gasteiger partial charge in [-0.1, -0.05) is 29.5 Å². The molecular weight excluding hydrogens is 420 g/mol. The Kier molecular flexibility index (Phi) is 4.71. The van der Waals surface area contributed by atoms with Gasteiger partial charge >= 0.3 is 6.03 Å². The molecule has 0 bridgehead atoms. The Morgan fingerprint density at radius 1 is 1.09 bits per heavy atom. The predicted octanol–water partition coefficient (Wildman–Crippen LogP) is 1.95. The summed E-state index contributed by atoms with van der Waals surface area (Å²) in [5.74, 6) is 1.05. The van der Waals surface area contributed by atoms with Gasteiger partial charge in [0.2, 0.25) is 5.95 Å². The number of hydrogen-bond donors (Lipinski definition) is 3. The van der Waals surface area contributed by atoms with Gasteiger partial charge in [-0.2, -0.15) is 0 Å². The number of urea groups is 1. The fraction of sp³-hybridized carbons (Fsp3) is 0.273. The van der Waals surface area contributed by atoms with E-state index in [9.17, 15) is 4.79 Å². The van der Waals surface area contributed by atoms with E-state index < -0.39 is 0 Å². The summed E-state index contributed by atoms with van der Waals surface area (Å²) in [6.07, 6.45) is 7.84. The number of aromatic amines is 1. The second-order valence-corrected chi connectivity index (χ2v) is 8.27. The SMILES string of the molecule is O=C(Nc1ccn(-c2cnc(NC3Cc4ccccc4C3)nc2)n1)N1CCc2[nH]nnc2C1. The van der Waals surface area contributed by atoms with Crippen molar-refractivity contribution in [3.8, 4) is 5.69 Å². The molecule has 4 aromatic rings. The molecule has 0 saturated carbocycles. The number of benzene rings is 1. The third-order valence-electron chi connectivity index (χ3n) is 6.07. The molecule has 0 spiro atoms. The number of amides is 2. The standard InChI is InChI=1S/C22H22N10O/c33-22(31-7-5-18-19(13-31)28-30-27-18)26-20-6-8-32(29-20)17-11-23-21(24-12-17)25-16-9-14-3-1-2-4-15(14)10-16/h1-4,6,8,11-12,16H,5,7,9-10,13H2,(H,23,24,25)(H,26,29,33)(H,27,28,30). The molecular formula is C22H22N10O. The van der Waals surface area contributed by atoms with Crippen LogP contribution in [0.3, 0.4) is 0 Å². The van der Waals surface area contributed by atoms with Crippen molar-refractivity contribution < 1.29 is 4.79 Å². The first-order valence-electron chi connectivity index (χ1n) is 10.9. The lowest BCUT2D eigenvalue weighted by molar-refractivity contribution is 0.205. The van der Waals surface area contributed by atoms with Crippen molar-refractivity contribution in [3.05, 3.63) is 71.4 Å². The van der Waals surface area contributed by atoms with Gasteiger partial charge in [-0.25, -0.2) is 19.4 Å². The normalized spacial score (nSPS) is 15.2. The lowest BCUT2D eigenvalue weighted by Gasteiger charge is -2.25. The summed E-state index contributed by atoms with van der Waals surface area (Å²) in [6, 6.07) is 10.3. The van der Waals surface area contributed by atoms with Gasteiger partial charge in [0, 0.05) is 31.3 Å². The molecule has 4 heterocycles. The molecule has 11 nitrogen and oxygen atoms in total. The summed E-state index contributed by atoms with van der Waals surface area (Å²) in [4.78, 5) is 23.2. The molecule has 1 aliphatic heterocycles. The Hall–Kier alpha value is -4.28. The topological polar surface area (TPSA) is 130 Å². The zero-order chi connectivity index (χ0) is 22.2. The van der Waals surface area contributed by atoms with Crippen LogP contribution in [0.4, 0.5) is 16.6 Å². The van der Waals surface area contributed by atoms with Crippen molar-refractivity contribution in [2.24, 2.45) is 0 Å². The van der Waals surface area contributed by atoms with E-state index >= 15 is 0 Å². The third-order valence-corrected chi connectivity index (χ3v) is 6.07. The fourth-order valence-corrected chi connectivity index (χ4v) is 4.36. The van der Waals surface area contributed by atoms with Crippen LogP contribution < -0.4 is 10.6 Å². The summed E-state index contributed by atoms with van der Waals surface area (Å²) >= 11 is 0. The van der Waals surface area contributed by atoms with Gasteiger partial charge in [-0.15, -0.1) is 10.2 Å². The monoisotopic (exact) mass is 442 g/mol. The van der Waals surface area contributed by atoms with Gasteiger partial charge < -0.3 is 10.2 Å². The van der Waals surface area contributed by atoms with E-state index in [-0.39, 0.29) is 6.03 Å². The molecule has 0 saturated heterocycles. The van der Waals surface area contributed by atoms with Crippen LogP contribution in [-0.2, 0) is 25.8 Å². The number of anilines is 2. The average molecular weight is 442 g/mol. The quantitative estimate of drug-likeness (QED) is 0.440. The maximum absolute atomic E-state index is 12.6. The van der Waals surface area contributed by atoms with Crippen LogP contribution in [0.5, 0.6) is 0 Å². The minimum Gasteiger partial charge on any atom is -0.351 e. The Balaban J connectivity index is 1.07. The predicted molar refractivity (Wildman–Crippen MR) is 120 cm³/mol. The number of nitrogens with one attached hydrogen (secondary N) is 3. The minimum atomic E-state index is -0.220. The molecule has 0 radical (unpaired) electrons. The first-order valence-corrected chi connectivity index (χ1v) is 10.9. The van der Waals surface area contributed by atoms with Gasteiger partial charge in [0.05, 0.1) is 24.6 Å². The molecule has 33 heavy (non-hydrogen) atoms. The van der Waals surface area contributed by atoms with Gasteiger partial charge in [0.15, 0.2) is 5.82 Å². The molecule has 166 valence electrons. The first kappa shape index (κ1) is 19.4. The Labute approximate surface area is 189 Å². The zero-order valence-corrected chi connectivity index (χ0v) is 17.8. The number of nitrogens with zero attached hydrogens (tertiary/aromatic N) is 7. The summed E-state index contributed by atoms with van der Waals surface area (Å²) in [6.45, 7) is 1.02. The smallest absolute Gasteiger partial charge is 0.323 e. The van der Waals surface area contributed by atoms with Crippen LogP contribution in [0.25, 0.3) is 5.69 Å². The fourth-order valence-electron chi connectivity index (χ4n) is 4.36. The van der Waals surface area contributed by atoms with E-state index in [1.54, 1.807) is 34.2 Å². The summed E-state index contributed by atoms with van der Waals surface area (Å²) in [5, 5.41) is 21.4. The Morgan fingerprint density at radius 3 is 2.67 bits per heavy atom. The molecule has 2 amide bonds. The van der Waals surface area contributed by atoms with Crippen LogP contribution in [0.1, 0.15) is 22.5 Å². The summed E-state index contributed by atoms with van der Waals surface area (Å²) in [5.41, 5.74) is 5.25. The van der Waals surface area contributed by atoms with Gasteiger partial charge in [-0.05, 0) is 24.0 Å². The van der Waals surface area contributed by atoms with E-state index in [1.165, 1.54) is 11.1 Å². The first-order chi connectivity index (χ1) is 16.2. The number of rotatable bonds is 4. The number of carbonyl (C=O) groups excluding carboxylic acids is 1. The molecule has 1 aromatic carbocycles. The van der Waals surface area contributed by atoms with Gasteiger partial charge in [-0.3, -0.25) is 10.4 Å². The van der Waals surface area contributed by atoms with Crippen molar-refractivity contribution >= 4 is 17.8 Å². The van der Waals surface area contributed by atoms with E-state index in [2.05, 4.69) is 65.4 Å². The van der Waals surface area contributed by atoms with E-state index in [1.807, 2.05) is 0 Å². The molecule has 0 atom stereocenters. The van der Waals surface area contributed by atoms with Crippen molar-refractivity contribution in [3.63, 3.8) is 0 Å². The highest BCUT2D eigenvalue weighted by Gasteiger charge is 2.24. The van der Waals surface area contributed by atoms with Crippen molar-refractivity contribution in [1.29, 1.82) is 0 Å². The average Bonchev–Trinajstić information content (AvgIpc) is 3.58. The Bertz CT molecular complexity index is 1270. The molecule has 1 aliphatic carbocycles. The molecule has 2 aliphatic rings. The maximum Gasteiger partial charge on any atom is 0.323 e. The summed E-state index contributed by atoms with van der Waals surface area (Å²) < 4.78 is 1.64. The largest absolute Gasteiger partial charge is 0.351 e. The van der Waals surface area contributed by atoms with Crippen molar-refractivity contribution in [2.75, 3.05) is 17.2 Å². The van der Waals surface area contributed by atoms with E-state index in [0.717, 1.165) is 24.2 Å². The van der Waals surface area contributed by atoms with Gasteiger partial charge in [0.25, 0.3) is 0 Å². The molecule has 3 N–H and O–H groups in total. The van der Waals surface area contributed by atoms with Crippen LogP contribution in [0, 0.1) is 0 Å². The van der Waals surface area contributed by atoms with Crippen molar-refractivity contribution in [1.82, 2.24) is 40.1 Å². The number of carbonyl (C=O) groups is 1. The maximum atomic E-state index is 12.6. The second kappa shape index (κ2) is 8.01. The lowest BCUT2D eigenvalue weighted by Crippen LogP contribution is -2.39. The minimum absolute atomic E-state index is 0.220.